The summed E-state index contributed by atoms with van der Waals surface area (Å²) in [5, 5.41) is 7.42. The van der Waals surface area contributed by atoms with E-state index >= 15 is 0 Å². The maximum Gasteiger partial charge on any atom is 0.300 e. The van der Waals surface area contributed by atoms with Gasteiger partial charge in [0.25, 0.3) is 5.97 Å². The number of hydrogen-bond donors (Lipinski definition) is 1. The zero-order chi connectivity index (χ0) is 11.5. The minimum atomic E-state index is -0.833. The van der Waals surface area contributed by atoms with Crippen LogP contribution in [0, 0.1) is 0 Å². The van der Waals surface area contributed by atoms with Crippen molar-refractivity contribution >= 4 is 11.5 Å². The van der Waals surface area contributed by atoms with Gasteiger partial charge in [0.05, 0.1) is 0 Å². The molecule has 0 saturated heterocycles. The first-order valence-corrected chi connectivity index (χ1v) is 5.72. The highest BCUT2D eigenvalue weighted by Crippen LogP contribution is 2.49. The molecule has 0 radical (unpaired) electrons. The topological polar surface area (TPSA) is 37.3 Å². The summed E-state index contributed by atoms with van der Waals surface area (Å²) in [4.78, 5) is 9.00. The maximum atomic E-state index is 9.00. The predicted molar refractivity (Wildman–Crippen MR) is 65.2 cm³/mol. The second kappa shape index (κ2) is 4.52. The van der Waals surface area contributed by atoms with Gasteiger partial charge in [0, 0.05) is 6.92 Å². The largest absolute Gasteiger partial charge is 0.481 e. The Balaban J connectivity index is 0.000000212. The van der Waals surface area contributed by atoms with E-state index in [9.17, 15) is 0 Å². The Labute approximate surface area is 95.6 Å². The number of carboxylic acid groups (broad SMARTS) is 1. The van der Waals surface area contributed by atoms with Gasteiger partial charge in [-0.15, -0.1) is 0 Å². The van der Waals surface area contributed by atoms with E-state index in [1.807, 2.05) is 0 Å². The smallest absolute Gasteiger partial charge is 0.300 e. The molecule has 0 aromatic carbocycles. The number of benzene rings is 1. The van der Waals surface area contributed by atoms with Crippen molar-refractivity contribution in [2.75, 3.05) is 0 Å². The van der Waals surface area contributed by atoms with Gasteiger partial charge in [-0.3, -0.25) is 4.79 Å². The van der Waals surface area contributed by atoms with Gasteiger partial charge in [0.1, 0.15) is 0 Å². The first kappa shape index (κ1) is 10.9. The number of allylic oxidation sites excluding steroid dienone is 2. The predicted octanol–water partition coefficient (Wildman–Crippen LogP) is 3.72. The molecular formula is C14H16O2. The zero-order valence-electron chi connectivity index (χ0n) is 9.49. The molecule has 0 saturated carbocycles. The molecule has 3 aliphatic rings. The summed E-state index contributed by atoms with van der Waals surface area (Å²) in [6, 6.07) is 6.62. The fraction of sp³-hybridized carbons (Fsp3) is 0.357. The molecule has 2 heteroatoms. The quantitative estimate of drug-likeness (QED) is 0.788. The van der Waals surface area contributed by atoms with Crippen molar-refractivity contribution in [3.8, 4) is 11.1 Å². The Morgan fingerprint density at radius 2 is 1.88 bits per heavy atom. The second-order valence-corrected chi connectivity index (χ2v) is 4.22. The Bertz CT molecular complexity index is 420. The van der Waals surface area contributed by atoms with Crippen LogP contribution in [0.3, 0.4) is 0 Å². The van der Waals surface area contributed by atoms with E-state index in [-0.39, 0.29) is 0 Å². The van der Waals surface area contributed by atoms with Crippen molar-refractivity contribution in [3.05, 3.63) is 29.8 Å². The Morgan fingerprint density at radius 3 is 2.38 bits per heavy atom. The molecule has 1 N–H and O–H groups in total. The average Bonchev–Trinajstić information content (AvgIpc) is 2.73. The Kier molecular flexibility index (Phi) is 3.09. The van der Waals surface area contributed by atoms with Gasteiger partial charge in [-0.1, -0.05) is 24.3 Å². The first-order valence-electron chi connectivity index (χ1n) is 5.72. The molecule has 0 aliphatic heterocycles. The molecule has 3 aliphatic carbocycles. The standard InChI is InChI=1S/C12H12.C2H4O2/c1-2-5-9(6-3-1)12-10-7-4-8-11(10)12;1-2(3)4/h4-5,7-8H,1-3,6H2;1H3,(H,3,4). The first-order chi connectivity index (χ1) is 7.70. The van der Waals surface area contributed by atoms with Gasteiger partial charge in [-0.05, 0) is 47.9 Å². The van der Waals surface area contributed by atoms with E-state index in [1.54, 1.807) is 11.1 Å². The van der Waals surface area contributed by atoms with Gasteiger partial charge in [0.15, 0.2) is 0 Å². The molecular weight excluding hydrogens is 200 g/mol. The van der Waals surface area contributed by atoms with Crippen molar-refractivity contribution < 1.29 is 9.90 Å². The van der Waals surface area contributed by atoms with Crippen LogP contribution in [0.15, 0.2) is 24.3 Å². The summed E-state index contributed by atoms with van der Waals surface area (Å²) in [5.74, 6) is -0.833. The van der Waals surface area contributed by atoms with E-state index in [0.717, 1.165) is 6.92 Å². The van der Waals surface area contributed by atoms with E-state index in [4.69, 9.17) is 9.90 Å². The average molecular weight is 216 g/mol. The van der Waals surface area contributed by atoms with Crippen molar-refractivity contribution in [1.82, 2.24) is 0 Å². The number of aliphatic carboxylic acids is 1. The lowest BCUT2D eigenvalue weighted by molar-refractivity contribution is -0.134. The minimum absolute atomic E-state index is 0.833. The third kappa shape index (κ3) is 2.32. The molecule has 2 nitrogen and oxygen atoms in total. The highest BCUT2D eigenvalue weighted by atomic mass is 16.4. The molecule has 0 unspecified atom stereocenters. The fourth-order valence-corrected chi connectivity index (χ4v) is 2.22. The van der Waals surface area contributed by atoms with Crippen molar-refractivity contribution in [1.29, 1.82) is 0 Å². The summed E-state index contributed by atoms with van der Waals surface area (Å²) >= 11 is 0. The molecule has 0 aromatic heterocycles. The van der Waals surface area contributed by atoms with E-state index in [2.05, 4.69) is 24.3 Å². The zero-order valence-corrected chi connectivity index (χ0v) is 9.49. The van der Waals surface area contributed by atoms with Crippen LogP contribution in [0.5, 0.6) is 0 Å². The number of carbonyl (C=O) groups is 1. The lowest BCUT2D eigenvalue weighted by atomic mass is 9.98. The Hall–Kier alpha value is -1.57. The molecule has 0 aromatic rings. The monoisotopic (exact) mass is 216 g/mol. The second-order valence-electron chi connectivity index (χ2n) is 4.22. The van der Waals surface area contributed by atoms with E-state index in [1.165, 1.54) is 36.8 Å². The van der Waals surface area contributed by atoms with Crippen LogP contribution in [-0.2, 0) is 4.79 Å². The lowest BCUT2D eigenvalue weighted by Gasteiger charge is -2.07. The summed E-state index contributed by atoms with van der Waals surface area (Å²) in [6.45, 7) is 1.08. The molecule has 0 bridgehead atoms. The van der Waals surface area contributed by atoms with Crippen LogP contribution in [0.2, 0.25) is 0 Å². The third-order valence-electron chi connectivity index (χ3n) is 2.90. The lowest BCUT2D eigenvalue weighted by Crippen LogP contribution is -1.86. The molecule has 0 heterocycles. The van der Waals surface area contributed by atoms with Gasteiger partial charge in [-0.2, -0.15) is 0 Å². The van der Waals surface area contributed by atoms with Crippen molar-refractivity contribution in [3.63, 3.8) is 0 Å². The van der Waals surface area contributed by atoms with E-state index in [0.29, 0.717) is 0 Å². The van der Waals surface area contributed by atoms with Crippen LogP contribution in [-0.4, -0.2) is 11.1 Å². The highest BCUT2D eigenvalue weighted by molar-refractivity contribution is 6.02. The van der Waals surface area contributed by atoms with Gasteiger partial charge in [0.2, 0.25) is 0 Å². The van der Waals surface area contributed by atoms with Gasteiger partial charge >= 0.3 is 0 Å². The van der Waals surface area contributed by atoms with Crippen molar-refractivity contribution in [2.45, 2.75) is 32.6 Å². The maximum absolute atomic E-state index is 9.00. The molecule has 0 spiro atoms. The molecule has 84 valence electrons. The molecule has 16 heavy (non-hydrogen) atoms. The molecule has 0 atom stereocenters. The minimum Gasteiger partial charge on any atom is -0.481 e. The fourth-order valence-electron chi connectivity index (χ4n) is 2.22. The molecule has 0 amide bonds. The summed E-state index contributed by atoms with van der Waals surface area (Å²) in [7, 11) is 0. The van der Waals surface area contributed by atoms with Gasteiger partial charge in [-0.25, -0.2) is 0 Å². The summed E-state index contributed by atoms with van der Waals surface area (Å²) in [6.07, 6.45) is 7.81. The van der Waals surface area contributed by atoms with Gasteiger partial charge < -0.3 is 5.11 Å². The van der Waals surface area contributed by atoms with Crippen LogP contribution < -0.4 is 0 Å². The van der Waals surface area contributed by atoms with Crippen LogP contribution >= 0.6 is 0 Å². The molecule has 0 fully saturated rings. The van der Waals surface area contributed by atoms with Crippen LogP contribution in [0.1, 0.15) is 38.2 Å². The van der Waals surface area contributed by atoms with E-state index < -0.39 is 5.97 Å². The van der Waals surface area contributed by atoms with Crippen molar-refractivity contribution in [2.24, 2.45) is 0 Å². The SMILES string of the molecule is C1=C(c2c3cccc2-3)CCCC1.CC(=O)O. The Morgan fingerprint density at radius 1 is 1.25 bits per heavy atom. The number of rotatable bonds is 1. The normalized spacial score (nSPS) is 15.7. The summed E-state index contributed by atoms with van der Waals surface area (Å²) < 4.78 is 0. The third-order valence-corrected chi connectivity index (χ3v) is 2.90. The van der Waals surface area contributed by atoms with Crippen LogP contribution in [0.4, 0.5) is 0 Å². The number of carboxylic acids is 1. The molecule has 3 rings (SSSR count). The number of fused-ring (bicyclic) bond motifs is 1. The highest BCUT2D eigenvalue weighted by Gasteiger charge is 2.26. The van der Waals surface area contributed by atoms with Crippen LogP contribution in [0.25, 0.3) is 16.7 Å². The number of hydrogen-bond acceptors (Lipinski definition) is 1. The summed E-state index contributed by atoms with van der Waals surface area (Å²) in [5.41, 5.74) is 6.23.